The number of hydrogen-bond acceptors (Lipinski definition) is 4. The number of amides is 1. The van der Waals surface area contributed by atoms with Crippen molar-refractivity contribution < 1.29 is 18.7 Å². The minimum Gasteiger partial charge on any atom is -0.450 e. The number of carbonyl (C=O) groups excluding carboxylic acids is 2. The molecule has 0 radical (unpaired) electrons. The van der Waals surface area contributed by atoms with Gasteiger partial charge in [0, 0.05) is 11.1 Å². The van der Waals surface area contributed by atoms with Gasteiger partial charge in [0.2, 0.25) is 5.76 Å². The molecule has 0 spiro atoms. The number of anilines is 1. The summed E-state index contributed by atoms with van der Waals surface area (Å²) in [5.41, 5.74) is 3.37. The molecule has 24 heavy (non-hydrogen) atoms. The molecule has 0 fully saturated rings. The number of esters is 1. The van der Waals surface area contributed by atoms with E-state index >= 15 is 0 Å². The summed E-state index contributed by atoms with van der Waals surface area (Å²) in [6, 6.07) is 14.6. The predicted molar refractivity (Wildman–Crippen MR) is 91.0 cm³/mol. The lowest BCUT2D eigenvalue weighted by atomic mass is 10.1. The average Bonchev–Trinajstić information content (AvgIpc) is 2.95. The van der Waals surface area contributed by atoms with E-state index < -0.39 is 11.9 Å². The highest BCUT2D eigenvalue weighted by molar-refractivity contribution is 5.96. The first-order chi connectivity index (χ1) is 11.5. The molecule has 0 bridgehead atoms. The number of para-hydroxylation sites is 1. The van der Waals surface area contributed by atoms with E-state index in [1.165, 1.54) is 0 Å². The molecule has 0 saturated carbocycles. The summed E-state index contributed by atoms with van der Waals surface area (Å²) < 4.78 is 10.4. The topological polar surface area (TPSA) is 68.5 Å². The predicted octanol–water partition coefficient (Wildman–Crippen LogP) is 3.85. The van der Waals surface area contributed by atoms with E-state index in [0.717, 1.165) is 16.5 Å². The zero-order valence-electron chi connectivity index (χ0n) is 13.5. The highest BCUT2D eigenvalue weighted by atomic mass is 16.5. The van der Waals surface area contributed by atoms with Crippen LogP contribution >= 0.6 is 0 Å². The van der Waals surface area contributed by atoms with Gasteiger partial charge in [0.15, 0.2) is 6.61 Å². The maximum Gasteiger partial charge on any atom is 0.374 e. The summed E-state index contributed by atoms with van der Waals surface area (Å²) >= 11 is 0. The summed E-state index contributed by atoms with van der Waals surface area (Å²) in [7, 11) is 0. The normalized spacial score (nSPS) is 10.6. The maximum atomic E-state index is 12.0. The van der Waals surface area contributed by atoms with Crippen molar-refractivity contribution in [2.75, 3.05) is 11.9 Å². The Kier molecular flexibility index (Phi) is 4.33. The Morgan fingerprint density at radius 1 is 1.04 bits per heavy atom. The number of furan rings is 1. The van der Waals surface area contributed by atoms with E-state index in [2.05, 4.69) is 5.32 Å². The molecule has 0 saturated heterocycles. The summed E-state index contributed by atoms with van der Waals surface area (Å²) in [5, 5.41) is 3.52. The molecule has 3 rings (SSSR count). The lowest BCUT2D eigenvalue weighted by molar-refractivity contribution is -0.119. The zero-order chi connectivity index (χ0) is 17.1. The van der Waals surface area contributed by atoms with E-state index in [4.69, 9.17) is 9.15 Å². The molecule has 3 aromatic rings. The van der Waals surface area contributed by atoms with Crippen molar-refractivity contribution in [3.8, 4) is 0 Å². The third kappa shape index (κ3) is 3.63. The van der Waals surface area contributed by atoms with E-state index in [-0.39, 0.29) is 12.4 Å². The summed E-state index contributed by atoms with van der Waals surface area (Å²) in [6.45, 7) is 3.53. The molecule has 0 atom stereocenters. The van der Waals surface area contributed by atoms with Crippen LogP contribution in [-0.4, -0.2) is 18.5 Å². The Morgan fingerprint density at radius 3 is 2.46 bits per heavy atom. The van der Waals surface area contributed by atoms with Crippen molar-refractivity contribution in [2.24, 2.45) is 0 Å². The molecule has 5 nitrogen and oxygen atoms in total. The largest absolute Gasteiger partial charge is 0.450 e. The Labute approximate surface area is 139 Å². The highest BCUT2D eigenvalue weighted by Gasteiger charge is 2.15. The van der Waals surface area contributed by atoms with Crippen LogP contribution in [0.2, 0.25) is 0 Å². The van der Waals surface area contributed by atoms with Crippen molar-refractivity contribution in [1.29, 1.82) is 0 Å². The zero-order valence-corrected chi connectivity index (χ0v) is 13.5. The van der Waals surface area contributed by atoms with Crippen LogP contribution in [-0.2, 0) is 9.53 Å². The van der Waals surface area contributed by atoms with Gasteiger partial charge in [-0.15, -0.1) is 0 Å². The Morgan fingerprint density at radius 2 is 1.75 bits per heavy atom. The third-order valence-corrected chi connectivity index (χ3v) is 3.47. The number of nitrogens with one attached hydrogen (secondary N) is 1. The van der Waals surface area contributed by atoms with Gasteiger partial charge in [0.1, 0.15) is 5.58 Å². The first-order valence-electron chi connectivity index (χ1n) is 7.55. The fourth-order valence-corrected chi connectivity index (χ4v) is 2.53. The molecule has 0 aliphatic carbocycles. The number of carbonyl (C=O) groups is 2. The van der Waals surface area contributed by atoms with Crippen LogP contribution in [0, 0.1) is 13.8 Å². The monoisotopic (exact) mass is 323 g/mol. The Hall–Kier alpha value is -3.08. The second-order valence-corrected chi connectivity index (χ2v) is 5.65. The van der Waals surface area contributed by atoms with Crippen LogP contribution in [0.25, 0.3) is 11.0 Å². The molecule has 0 unspecified atom stereocenters. The van der Waals surface area contributed by atoms with E-state index in [9.17, 15) is 9.59 Å². The molecular formula is C19H17NO4. The first kappa shape index (κ1) is 15.8. The van der Waals surface area contributed by atoms with E-state index in [1.54, 1.807) is 12.1 Å². The lowest BCUT2D eigenvalue weighted by Gasteiger charge is -2.07. The quantitative estimate of drug-likeness (QED) is 0.741. The first-order valence-corrected chi connectivity index (χ1v) is 7.55. The molecule has 1 heterocycles. The van der Waals surface area contributed by atoms with Crippen LogP contribution in [0.3, 0.4) is 0 Å². The number of benzene rings is 2. The minimum atomic E-state index is -0.665. The van der Waals surface area contributed by atoms with Crippen LogP contribution < -0.4 is 5.32 Å². The smallest absolute Gasteiger partial charge is 0.374 e. The van der Waals surface area contributed by atoms with Crippen molar-refractivity contribution in [3.63, 3.8) is 0 Å². The maximum absolute atomic E-state index is 12.0. The van der Waals surface area contributed by atoms with Gasteiger partial charge < -0.3 is 14.5 Å². The second kappa shape index (κ2) is 6.58. The second-order valence-electron chi connectivity index (χ2n) is 5.65. The molecule has 0 aliphatic rings. The van der Waals surface area contributed by atoms with Gasteiger partial charge in [0.25, 0.3) is 5.91 Å². The summed E-state index contributed by atoms with van der Waals surface area (Å²) in [6.07, 6.45) is 0. The molecular weight excluding hydrogens is 306 g/mol. The number of hydrogen-bond donors (Lipinski definition) is 1. The highest BCUT2D eigenvalue weighted by Crippen LogP contribution is 2.19. The molecule has 5 heteroatoms. The van der Waals surface area contributed by atoms with Gasteiger partial charge in [-0.25, -0.2) is 4.79 Å². The van der Waals surface area contributed by atoms with Gasteiger partial charge in [0.05, 0.1) is 0 Å². The van der Waals surface area contributed by atoms with Crippen molar-refractivity contribution in [3.05, 3.63) is 65.4 Å². The van der Waals surface area contributed by atoms with Crippen LogP contribution in [0.15, 0.2) is 52.9 Å². The van der Waals surface area contributed by atoms with Crippen LogP contribution in [0.4, 0.5) is 5.69 Å². The molecule has 0 aliphatic heterocycles. The Bertz CT molecular complexity index is 857. The van der Waals surface area contributed by atoms with E-state index in [1.807, 2.05) is 50.2 Å². The molecule has 1 amide bonds. The fraction of sp³-hybridized carbons (Fsp3) is 0.158. The number of rotatable bonds is 4. The van der Waals surface area contributed by atoms with Crippen molar-refractivity contribution in [1.82, 2.24) is 0 Å². The van der Waals surface area contributed by atoms with Crippen LogP contribution in [0.5, 0.6) is 0 Å². The fourth-order valence-electron chi connectivity index (χ4n) is 2.53. The van der Waals surface area contributed by atoms with Gasteiger partial charge >= 0.3 is 5.97 Å². The standard InChI is InChI=1S/C19H17NO4/c1-12-7-13(2)9-15(8-12)20-18(21)11-23-19(22)17-10-14-5-3-4-6-16(14)24-17/h3-10H,11H2,1-2H3,(H,20,21). The molecule has 1 N–H and O–H groups in total. The minimum absolute atomic E-state index is 0.0791. The average molecular weight is 323 g/mol. The summed E-state index contributed by atoms with van der Waals surface area (Å²) in [4.78, 5) is 23.9. The van der Waals surface area contributed by atoms with Gasteiger partial charge in [-0.05, 0) is 49.2 Å². The van der Waals surface area contributed by atoms with Crippen molar-refractivity contribution in [2.45, 2.75) is 13.8 Å². The SMILES string of the molecule is Cc1cc(C)cc(NC(=O)COC(=O)c2cc3ccccc3o2)c1. The van der Waals surface area contributed by atoms with Gasteiger partial charge in [-0.2, -0.15) is 0 Å². The molecule has 2 aromatic carbocycles. The number of aryl methyl sites for hydroxylation is 2. The van der Waals surface area contributed by atoms with Gasteiger partial charge in [-0.3, -0.25) is 4.79 Å². The number of ether oxygens (including phenoxy) is 1. The molecule has 122 valence electrons. The Balaban J connectivity index is 1.60. The van der Waals surface area contributed by atoms with E-state index in [0.29, 0.717) is 11.3 Å². The molecule has 1 aromatic heterocycles. The van der Waals surface area contributed by atoms with Crippen LogP contribution in [0.1, 0.15) is 21.7 Å². The lowest BCUT2D eigenvalue weighted by Crippen LogP contribution is -2.20. The summed E-state index contributed by atoms with van der Waals surface area (Å²) in [5.74, 6) is -0.985. The third-order valence-electron chi connectivity index (χ3n) is 3.47. The van der Waals surface area contributed by atoms with Crippen molar-refractivity contribution >= 4 is 28.5 Å². The number of fused-ring (bicyclic) bond motifs is 1. The van der Waals surface area contributed by atoms with Gasteiger partial charge in [-0.1, -0.05) is 24.3 Å².